The number of amidine groups is 1. The molecule has 0 spiro atoms. The van der Waals surface area contributed by atoms with Gasteiger partial charge < -0.3 is 20.5 Å². The van der Waals surface area contributed by atoms with Crippen LogP contribution in [0.5, 0.6) is 0 Å². The molecule has 2 aromatic rings. The smallest absolute Gasteiger partial charge is 0.292 e. The van der Waals surface area contributed by atoms with Crippen LogP contribution in [0.2, 0.25) is 0 Å². The Balaban J connectivity index is 1.75. The number of hydrogen-bond donors (Lipinski definition) is 2. The zero-order valence-corrected chi connectivity index (χ0v) is 14.9. The lowest BCUT2D eigenvalue weighted by Crippen LogP contribution is -2.17. The predicted octanol–water partition coefficient (Wildman–Crippen LogP) is 2.61. The van der Waals surface area contributed by atoms with Crippen LogP contribution in [0.1, 0.15) is 23.0 Å². The summed E-state index contributed by atoms with van der Waals surface area (Å²) in [6.07, 6.45) is 1.29. The zero-order valence-electron chi connectivity index (χ0n) is 14.9. The highest BCUT2D eigenvalue weighted by Crippen LogP contribution is 2.24. The van der Waals surface area contributed by atoms with E-state index in [1.807, 2.05) is 13.0 Å². The van der Waals surface area contributed by atoms with E-state index in [1.54, 1.807) is 0 Å². The number of nitrogens with one attached hydrogen (secondary N) is 1. The van der Waals surface area contributed by atoms with E-state index in [2.05, 4.69) is 15.3 Å². The lowest BCUT2D eigenvalue weighted by atomic mass is 10.2. The summed E-state index contributed by atoms with van der Waals surface area (Å²) in [4.78, 5) is 20.1. The molecule has 3 rings (SSSR count). The predicted molar refractivity (Wildman–Crippen MR) is 99.2 cm³/mol. The lowest BCUT2D eigenvalue weighted by Gasteiger charge is -2.08. The quantitative estimate of drug-likeness (QED) is 0.620. The molecule has 0 fully saturated rings. The number of anilines is 1. The normalized spacial score (nSPS) is 14.0. The summed E-state index contributed by atoms with van der Waals surface area (Å²) in [7, 11) is 0. The molecule has 2 heterocycles. The molecule has 142 valence electrons. The van der Waals surface area contributed by atoms with Gasteiger partial charge in [-0.2, -0.15) is 10.3 Å². The number of aromatic nitrogens is 1. The molecule has 3 N–H and O–H groups in total. The number of nitriles is 1. The number of amides is 1. The second-order valence-corrected chi connectivity index (χ2v) is 5.91. The first-order valence-electron chi connectivity index (χ1n) is 8.21. The van der Waals surface area contributed by atoms with Gasteiger partial charge in [-0.3, -0.25) is 4.79 Å². The van der Waals surface area contributed by atoms with Gasteiger partial charge in [0, 0.05) is 11.9 Å². The topological polar surface area (TPSA) is 123 Å². The zero-order chi connectivity index (χ0) is 20.1. The fourth-order valence-electron chi connectivity index (χ4n) is 2.35. The Morgan fingerprint density at radius 2 is 2.21 bits per heavy atom. The number of nitrogens with two attached hydrogens (primary N) is 1. The van der Waals surface area contributed by atoms with Crippen LogP contribution in [-0.4, -0.2) is 30.1 Å². The average Bonchev–Trinajstić information content (AvgIpc) is 3.09. The van der Waals surface area contributed by atoms with Crippen molar-refractivity contribution in [1.29, 1.82) is 5.26 Å². The minimum absolute atomic E-state index is 0.0970. The molecule has 0 unspecified atom stereocenters. The number of carbonyl (C=O) groups excluding carboxylic acids is 1. The van der Waals surface area contributed by atoms with E-state index in [0.717, 1.165) is 11.6 Å². The van der Waals surface area contributed by atoms with Crippen molar-refractivity contribution in [1.82, 2.24) is 4.98 Å². The van der Waals surface area contributed by atoms with E-state index in [9.17, 15) is 9.18 Å². The SMILES string of the molecule is CC1=C(O/C(N)=N\c2cc(NC(=O)c3ccc(C#N)cn3)ccc2F)COC1. The molecule has 1 aliphatic rings. The van der Waals surface area contributed by atoms with Gasteiger partial charge in [-0.15, -0.1) is 0 Å². The Labute approximate surface area is 160 Å². The van der Waals surface area contributed by atoms with Crippen molar-refractivity contribution in [2.24, 2.45) is 10.7 Å². The minimum Gasteiger partial charge on any atom is -0.428 e. The third-order valence-electron chi connectivity index (χ3n) is 3.82. The van der Waals surface area contributed by atoms with Gasteiger partial charge in [-0.05, 0) is 42.8 Å². The van der Waals surface area contributed by atoms with Crippen LogP contribution in [0, 0.1) is 17.1 Å². The molecule has 8 nitrogen and oxygen atoms in total. The van der Waals surface area contributed by atoms with Crippen LogP contribution < -0.4 is 11.1 Å². The van der Waals surface area contributed by atoms with Crippen molar-refractivity contribution >= 4 is 23.3 Å². The molecular weight excluding hydrogens is 365 g/mol. The van der Waals surface area contributed by atoms with Crippen LogP contribution in [0.4, 0.5) is 15.8 Å². The number of benzene rings is 1. The highest BCUT2D eigenvalue weighted by molar-refractivity contribution is 6.03. The monoisotopic (exact) mass is 381 g/mol. The summed E-state index contributed by atoms with van der Waals surface area (Å²) in [5.74, 6) is -0.605. The van der Waals surface area contributed by atoms with Gasteiger partial charge in [0.2, 0.25) is 0 Å². The number of nitrogens with zero attached hydrogens (tertiary/aromatic N) is 3. The Morgan fingerprint density at radius 3 is 2.86 bits per heavy atom. The van der Waals surface area contributed by atoms with Gasteiger partial charge in [-0.25, -0.2) is 9.37 Å². The van der Waals surface area contributed by atoms with Gasteiger partial charge >= 0.3 is 0 Å². The molecule has 9 heteroatoms. The highest BCUT2D eigenvalue weighted by atomic mass is 19.1. The van der Waals surface area contributed by atoms with E-state index in [0.29, 0.717) is 23.6 Å². The number of rotatable bonds is 4. The van der Waals surface area contributed by atoms with Gasteiger partial charge in [0.1, 0.15) is 35.6 Å². The fraction of sp³-hybridized carbons (Fsp3) is 0.158. The van der Waals surface area contributed by atoms with E-state index in [-0.39, 0.29) is 24.0 Å². The van der Waals surface area contributed by atoms with E-state index in [4.69, 9.17) is 20.5 Å². The third-order valence-corrected chi connectivity index (χ3v) is 3.82. The average molecular weight is 381 g/mol. The van der Waals surface area contributed by atoms with E-state index >= 15 is 0 Å². The molecule has 1 amide bonds. The van der Waals surface area contributed by atoms with Crippen LogP contribution in [0.25, 0.3) is 0 Å². The molecule has 0 saturated heterocycles. The molecule has 0 aliphatic carbocycles. The van der Waals surface area contributed by atoms with Crippen molar-refractivity contribution < 1.29 is 18.7 Å². The second kappa shape index (κ2) is 8.28. The Hall–Kier alpha value is -3.77. The Morgan fingerprint density at radius 1 is 1.39 bits per heavy atom. The van der Waals surface area contributed by atoms with Crippen molar-refractivity contribution in [2.45, 2.75) is 6.92 Å². The molecular formula is C19H16FN5O3. The number of hydrogen-bond acceptors (Lipinski definition) is 6. The van der Waals surface area contributed by atoms with E-state index < -0.39 is 11.7 Å². The molecule has 1 aromatic carbocycles. The molecule has 1 aliphatic heterocycles. The first kappa shape index (κ1) is 19.0. The molecule has 28 heavy (non-hydrogen) atoms. The maximum atomic E-state index is 14.1. The van der Waals surface area contributed by atoms with Gasteiger partial charge in [-0.1, -0.05) is 0 Å². The van der Waals surface area contributed by atoms with Gasteiger partial charge in [0.25, 0.3) is 11.9 Å². The van der Waals surface area contributed by atoms with Crippen LogP contribution in [-0.2, 0) is 9.47 Å². The maximum Gasteiger partial charge on any atom is 0.292 e. The first-order valence-corrected chi connectivity index (χ1v) is 8.21. The van der Waals surface area contributed by atoms with Crippen molar-refractivity contribution in [3.63, 3.8) is 0 Å². The Kier molecular flexibility index (Phi) is 5.62. The second-order valence-electron chi connectivity index (χ2n) is 5.91. The highest BCUT2D eigenvalue weighted by Gasteiger charge is 2.15. The Bertz CT molecular complexity index is 1010. The van der Waals surface area contributed by atoms with Crippen LogP contribution in [0.15, 0.2) is 52.9 Å². The summed E-state index contributed by atoms with van der Waals surface area (Å²) in [5.41, 5.74) is 7.26. The number of pyridine rings is 1. The first-order chi connectivity index (χ1) is 13.5. The molecule has 0 radical (unpaired) electrons. The summed E-state index contributed by atoms with van der Waals surface area (Å²) >= 11 is 0. The largest absolute Gasteiger partial charge is 0.428 e. The number of aliphatic imine (C=N–C) groups is 1. The van der Waals surface area contributed by atoms with E-state index in [1.165, 1.54) is 30.5 Å². The number of ether oxygens (including phenoxy) is 2. The summed E-state index contributed by atoms with van der Waals surface area (Å²) in [6, 6.07) is 8.42. The summed E-state index contributed by atoms with van der Waals surface area (Å²) in [6.45, 7) is 2.56. The summed E-state index contributed by atoms with van der Waals surface area (Å²) in [5, 5.41) is 11.4. The van der Waals surface area contributed by atoms with Crippen LogP contribution >= 0.6 is 0 Å². The third kappa shape index (κ3) is 4.49. The summed E-state index contributed by atoms with van der Waals surface area (Å²) < 4.78 is 24.6. The van der Waals surface area contributed by atoms with Gasteiger partial charge in [0.15, 0.2) is 0 Å². The number of carbonyl (C=O) groups is 1. The molecule has 0 atom stereocenters. The van der Waals surface area contributed by atoms with Crippen molar-refractivity contribution in [2.75, 3.05) is 18.5 Å². The van der Waals surface area contributed by atoms with Crippen LogP contribution in [0.3, 0.4) is 0 Å². The number of halogens is 1. The lowest BCUT2D eigenvalue weighted by molar-refractivity contribution is 0.102. The minimum atomic E-state index is -0.630. The maximum absolute atomic E-state index is 14.1. The molecule has 0 saturated carbocycles. The molecule has 1 aromatic heterocycles. The van der Waals surface area contributed by atoms with Gasteiger partial charge in [0.05, 0.1) is 12.2 Å². The van der Waals surface area contributed by atoms with Crippen molar-refractivity contribution in [3.8, 4) is 6.07 Å². The van der Waals surface area contributed by atoms with Crippen molar-refractivity contribution in [3.05, 3.63) is 64.9 Å². The fourth-order valence-corrected chi connectivity index (χ4v) is 2.35. The molecule has 0 bridgehead atoms. The standard InChI is InChI=1S/C19H16FN5O3/c1-11-9-27-10-17(11)28-19(22)25-16-6-13(3-4-14(16)20)24-18(26)15-5-2-12(7-21)8-23-15/h2-6,8H,9-10H2,1H3,(H2,22,25)(H,24,26).